The van der Waals surface area contributed by atoms with Gasteiger partial charge in [-0.3, -0.25) is 14.4 Å². The van der Waals surface area contributed by atoms with Gasteiger partial charge in [0.25, 0.3) is 5.91 Å². The summed E-state index contributed by atoms with van der Waals surface area (Å²) in [6.07, 6.45) is 6.00. The number of likely N-dealkylation sites (tertiary alicyclic amines) is 1. The van der Waals surface area contributed by atoms with Crippen molar-refractivity contribution in [1.29, 1.82) is 0 Å². The van der Waals surface area contributed by atoms with Gasteiger partial charge in [0.15, 0.2) is 0 Å². The summed E-state index contributed by atoms with van der Waals surface area (Å²) in [5.74, 6) is -1.53. The van der Waals surface area contributed by atoms with Crippen molar-refractivity contribution >= 4 is 23.4 Å². The molecule has 1 spiro atoms. The van der Waals surface area contributed by atoms with Crippen molar-refractivity contribution < 1.29 is 29.0 Å². The van der Waals surface area contributed by atoms with Gasteiger partial charge in [-0.15, -0.1) is 13.2 Å². The van der Waals surface area contributed by atoms with Gasteiger partial charge in [-0.25, -0.2) is 0 Å². The van der Waals surface area contributed by atoms with Gasteiger partial charge in [0, 0.05) is 38.5 Å². The number of fused-ring (bicyclic) bond motifs is 1. The predicted octanol–water partition coefficient (Wildman–Crippen LogP) is 4.36. The first-order valence-electron chi connectivity index (χ1n) is 15.9. The van der Waals surface area contributed by atoms with Crippen molar-refractivity contribution in [1.82, 2.24) is 9.80 Å². The van der Waals surface area contributed by atoms with E-state index in [1.54, 1.807) is 46.1 Å². The highest BCUT2D eigenvalue weighted by molar-refractivity contribution is 6.05. The molecular weight excluding hydrogens is 570 g/mol. The van der Waals surface area contributed by atoms with Gasteiger partial charge in [0.05, 0.1) is 24.5 Å². The van der Waals surface area contributed by atoms with Crippen molar-refractivity contribution in [2.24, 2.45) is 11.8 Å². The van der Waals surface area contributed by atoms with E-state index in [2.05, 4.69) is 13.2 Å². The molecule has 240 valence electrons. The Morgan fingerprint density at radius 1 is 1.04 bits per heavy atom. The van der Waals surface area contributed by atoms with E-state index in [1.165, 1.54) is 0 Å². The minimum atomic E-state index is -1.15. The minimum Gasteiger partial charge on any atom is -0.497 e. The molecule has 2 aromatic rings. The summed E-state index contributed by atoms with van der Waals surface area (Å²) in [5, 5.41) is 9.53. The van der Waals surface area contributed by atoms with E-state index in [0.717, 1.165) is 5.56 Å². The van der Waals surface area contributed by atoms with Gasteiger partial charge in [-0.1, -0.05) is 49.4 Å². The zero-order valence-electron chi connectivity index (χ0n) is 26.4. The Kier molecular flexibility index (Phi) is 9.79. The summed E-state index contributed by atoms with van der Waals surface area (Å²) in [5.41, 5.74) is -0.379. The Bertz CT molecular complexity index is 1400. The van der Waals surface area contributed by atoms with Crippen LogP contribution in [0.25, 0.3) is 0 Å². The number of hydrogen-bond donors (Lipinski definition) is 1. The number of rotatable bonds is 15. The van der Waals surface area contributed by atoms with Crippen LogP contribution in [0.1, 0.15) is 44.6 Å². The molecule has 9 heteroatoms. The Morgan fingerprint density at radius 3 is 2.38 bits per heavy atom. The van der Waals surface area contributed by atoms with Crippen LogP contribution in [-0.4, -0.2) is 83.2 Å². The van der Waals surface area contributed by atoms with Gasteiger partial charge < -0.3 is 29.3 Å². The highest BCUT2D eigenvalue weighted by Gasteiger charge is 2.79. The number of carbonyl (C=O) groups is 3. The van der Waals surface area contributed by atoms with Crippen molar-refractivity contribution in [3.05, 3.63) is 85.5 Å². The molecular formula is C36H45N3O6. The molecule has 0 aliphatic carbocycles. The van der Waals surface area contributed by atoms with E-state index >= 15 is 0 Å². The van der Waals surface area contributed by atoms with Crippen LogP contribution in [0.5, 0.6) is 5.75 Å². The summed E-state index contributed by atoms with van der Waals surface area (Å²) in [7, 11) is 1.58. The number of hydrogen-bond acceptors (Lipinski definition) is 6. The lowest BCUT2D eigenvalue weighted by Gasteiger charge is -2.37. The monoisotopic (exact) mass is 615 g/mol. The Balaban J connectivity index is 1.56. The van der Waals surface area contributed by atoms with Crippen LogP contribution >= 0.6 is 0 Å². The third kappa shape index (κ3) is 5.68. The number of methoxy groups -OCH3 is 1. The predicted molar refractivity (Wildman–Crippen MR) is 172 cm³/mol. The summed E-state index contributed by atoms with van der Waals surface area (Å²) in [6.45, 7) is 11.0. The lowest BCUT2D eigenvalue weighted by molar-refractivity contribution is -0.151. The molecule has 3 saturated heterocycles. The molecule has 0 radical (unpaired) electrons. The third-order valence-electron chi connectivity index (χ3n) is 9.83. The number of aliphatic hydroxyl groups excluding tert-OH is 1. The fraction of sp³-hybridized carbons (Fsp3) is 0.472. The van der Waals surface area contributed by atoms with E-state index in [1.807, 2.05) is 49.4 Å². The molecule has 3 heterocycles. The Morgan fingerprint density at radius 2 is 1.76 bits per heavy atom. The van der Waals surface area contributed by atoms with Crippen LogP contribution in [0, 0.1) is 11.8 Å². The fourth-order valence-corrected chi connectivity index (χ4v) is 7.76. The highest BCUT2D eigenvalue weighted by Crippen LogP contribution is 2.64. The molecule has 2 unspecified atom stereocenters. The van der Waals surface area contributed by atoms with E-state index in [4.69, 9.17) is 9.47 Å². The van der Waals surface area contributed by atoms with Crippen molar-refractivity contribution in [2.45, 2.75) is 62.8 Å². The number of carbonyl (C=O) groups excluding carboxylic acids is 3. The maximum Gasteiger partial charge on any atom is 0.253 e. The zero-order valence-corrected chi connectivity index (χ0v) is 26.4. The second-order valence-electron chi connectivity index (χ2n) is 12.2. The zero-order chi connectivity index (χ0) is 32.2. The highest BCUT2D eigenvalue weighted by atomic mass is 16.5. The molecule has 3 aliphatic heterocycles. The molecule has 5 rings (SSSR count). The summed E-state index contributed by atoms with van der Waals surface area (Å²) in [4.78, 5) is 49.0. The lowest BCUT2D eigenvalue weighted by Crippen LogP contribution is -2.56. The van der Waals surface area contributed by atoms with Crippen LogP contribution in [0.2, 0.25) is 0 Å². The van der Waals surface area contributed by atoms with E-state index in [9.17, 15) is 19.5 Å². The second-order valence-corrected chi connectivity index (χ2v) is 12.2. The maximum absolute atomic E-state index is 14.8. The lowest BCUT2D eigenvalue weighted by atomic mass is 9.64. The summed E-state index contributed by atoms with van der Waals surface area (Å²) < 4.78 is 12.3. The average Bonchev–Trinajstić information content (AvgIpc) is 3.67. The molecule has 5 atom stereocenters. The summed E-state index contributed by atoms with van der Waals surface area (Å²) in [6, 6.07) is 16.0. The number of benzene rings is 2. The number of aliphatic hydroxyl groups is 1. The van der Waals surface area contributed by atoms with Crippen LogP contribution in [0.15, 0.2) is 79.9 Å². The van der Waals surface area contributed by atoms with Crippen LogP contribution < -0.4 is 9.64 Å². The number of anilines is 1. The first kappa shape index (κ1) is 32.4. The first-order valence-corrected chi connectivity index (χ1v) is 15.9. The van der Waals surface area contributed by atoms with Gasteiger partial charge in [-0.05, 0) is 61.9 Å². The molecule has 1 N–H and O–H groups in total. The molecule has 3 fully saturated rings. The second kappa shape index (κ2) is 13.6. The van der Waals surface area contributed by atoms with Crippen molar-refractivity contribution in [3.63, 3.8) is 0 Å². The van der Waals surface area contributed by atoms with Crippen LogP contribution in [0.3, 0.4) is 0 Å². The number of nitrogens with zero attached hydrogens (tertiary/aromatic N) is 3. The van der Waals surface area contributed by atoms with Crippen LogP contribution in [-0.2, 0) is 25.7 Å². The van der Waals surface area contributed by atoms with Crippen LogP contribution in [0.4, 0.5) is 5.69 Å². The molecule has 2 bridgehead atoms. The number of amides is 3. The molecule has 3 aliphatic rings. The van der Waals surface area contributed by atoms with Gasteiger partial charge in [0.1, 0.15) is 17.4 Å². The van der Waals surface area contributed by atoms with E-state index in [-0.39, 0.29) is 37.4 Å². The largest absolute Gasteiger partial charge is 0.497 e. The molecule has 2 aromatic carbocycles. The molecule has 9 nitrogen and oxygen atoms in total. The molecule has 45 heavy (non-hydrogen) atoms. The van der Waals surface area contributed by atoms with Gasteiger partial charge in [0.2, 0.25) is 11.8 Å². The van der Waals surface area contributed by atoms with Crippen molar-refractivity contribution in [2.75, 3.05) is 38.3 Å². The average molecular weight is 616 g/mol. The maximum atomic E-state index is 14.8. The molecule has 0 saturated carbocycles. The van der Waals surface area contributed by atoms with Gasteiger partial charge >= 0.3 is 0 Å². The molecule has 0 aromatic heterocycles. The fourth-order valence-electron chi connectivity index (χ4n) is 7.76. The normalized spacial score (nSPS) is 26.4. The quantitative estimate of drug-likeness (QED) is 0.236. The minimum absolute atomic E-state index is 0.0177. The van der Waals surface area contributed by atoms with Gasteiger partial charge in [-0.2, -0.15) is 0 Å². The standard InChI is InChI=1S/C36H45N3O6/c1-5-21-37(25-26-13-9-8-10-14-26)32(41)29-30-33(42)39(23-11-12-24-40)31(36(30)20-19-35(29,7-3)45-36)34(43)38(22-6-2)27-15-17-28(44-4)18-16-27/h5-6,8-10,13-18,29-31,40H,1-2,7,11-12,19-25H2,3-4H3/t29-,30+,31?,35+,36?/m1/s1. The topological polar surface area (TPSA) is 99.6 Å². The summed E-state index contributed by atoms with van der Waals surface area (Å²) >= 11 is 0. The third-order valence-corrected chi connectivity index (χ3v) is 9.83. The Labute approximate surface area is 266 Å². The Hall–Kier alpha value is -3.95. The molecule has 3 amide bonds. The number of unbranched alkanes of at least 4 members (excludes halogenated alkanes) is 1. The SMILES string of the molecule is C=CCN(Cc1ccccc1)C(=O)[C@H]1[C@H]2C(=O)N(CCCCO)C(C(=O)N(CC=C)c3ccc(OC)cc3)C23CC[C@]1(CC)O3. The van der Waals surface area contributed by atoms with E-state index in [0.29, 0.717) is 56.6 Å². The number of ether oxygens (including phenoxy) is 2. The van der Waals surface area contributed by atoms with E-state index < -0.39 is 29.1 Å². The smallest absolute Gasteiger partial charge is 0.253 e. The first-order chi connectivity index (χ1) is 21.8. The van der Waals surface area contributed by atoms with Crippen molar-refractivity contribution in [3.8, 4) is 5.75 Å².